The number of aryl methyl sites for hydroxylation is 1. The van der Waals surface area contributed by atoms with Crippen molar-refractivity contribution in [2.45, 2.75) is 13.0 Å². The summed E-state index contributed by atoms with van der Waals surface area (Å²) in [5.41, 5.74) is 2.65. The van der Waals surface area contributed by atoms with Gasteiger partial charge in [-0.05, 0) is 36.2 Å². The van der Waals surface area contributed by atoms with Gasteiger partial charge in [-0.1, -0.05) is 51.8 Å². The van der Waals surface area contributed by atoms with Gasteiger partial charge >= 0.3 is 0 Å². The number of rotatable bonds is 2. The highest BCUT2D eigenvalue weighted by Gasteiger charge is 2.13. The smallest absolute Gasteiger partial charge is 0.105 e. The van der Waals surface area contributed by atoms with Crippen LogP contribution in [0.2, 0.25) is 5.02 Å². The lowest BCUT2D eigenvalue weighted by atomic mass is 10.0. The van der Waals surface area contributed by atoms with Crippen LogP contribution in [0, 0.1) is 6.92 Å². The quantitative estimate of drug-likeness (QED) is 0.866. The standard InChI is InChI=1S/C14H12BrClO/c1-9-2-7-12(13(16)8-9)14(17)10-3-5-11(15)6-4-10/h2-8,14,17H,1H3. The summed E-state index contributed by atoms with van der Waals surface area (Å²) >= 11 is 9.50. The van der Waals surface area contributed by atoms with E-state index in [4.69, 9.17) is 11.6 Å². The molecule has 0 radical (unpaired) electrons. The van der Waals surface area contributed by atoms with Gasteiger partial charge < -0.3 is 5.11 Å². The van der Waals surface area contributed by atoms with Gasteiger partial charge in [0.15, 0.2) is 0 Å². The van der Waals surface area contributed by atoms with Crippen LogP contribution < -0.4 is 0 Å². The van der Waals surface area contributed by atoms with E-state index < -0.39 is 6.10 Å². The highest BCUT2D eigenvalue weighted by Crippen LogP contribution is 2.29. The highest BCUT2D eigenvalue weighted by molar-refractivity contribution is 9.10. The van der Waals surface area contributed by atoms with E-state index in [-0.39, 0.29) is 0 Å². The lowest BCUT2D eigenvalue weighted by Gasteiger charge is -2.13. The van der Waals surface area contributed by atoms with Crippen molar-refractivity contribution in [3.8, 4) is 0 Å². The topological polar surface area (TPSA) is 20.2 Å². The van der Waals surface area contributed by atoms with Gasteiger partial charge in [0.25, 0.3) is 0 Å². The maximum Gasteiger partial charge on any atom is 0.105 e. The van der Waals surface area contributed by atoms with Crippen LogP contribution in [0.3, 0.4) is 0 Å². The minimum Gasteiger partial charge on any atom is -0.384 e. The molecular weight excluding hydrogens is 300 g/mol. The molecule has 0 fully saturated rings. The number of benzene rings is 2. The van der Waals surface area contributed by atoms with Gasteiger partial charge in [-0.2, -0.15) is 0 Å². The molecular formula is C14H12BrClO. The summed E-state index contributed by atoms with van der Waals surface area (Å²) in [6, 6.07) is 13.2. The zero-order valence-electron chi connectivity index (χ0n) is 9.32. The zero-order chi connectivity index (χ0) is 12.4. The van der Waals surface area contributed by atoms with Gasteiger partial charge in [-0.3, -0.25) is 0 Å². The number of halogens is 2. The van der Waals surface area contributed by atoms with Gasteiger partial charge in [0.1, 0.15) is 6.10 Å². The fourth-order valence-corrected chi connectivity index (χ4v) is 2.28. The monoisotopic (exact) mass is 310 g/mol. The largest absolute Gasteiger partial charge is 0.384 e. The molecule has 88 valence electrons. The lowest BCUT2D eigenvalue weighted by molar-refractivity contribution is 0.220. The van der Waals surface area contributed by atoms with Gasteiger partial charge in [0.05, 0.1) is 0 Å². The predicted molar refractivity (Wildman–Crippen MR) is 74.4 cm³/mol. The maximum atomic E-state index is 10.3. The first kappa shape index (κ1) is 12.6. The lowest BCUT2D eigenvalue weighted by Crippen LogP contribution is -2.00. The first-order valence-electron chi connectivity index (χ1n) is 5.27. The van der Waals surface area contributed by atoms with E-state index in [1.807, 2.05) is 49.4 Å². The van der Waals surface area contributed by atoms with E-state index in [9.17, 15) is 5.11 Å². The van der Waals surface area contributed by atoms with E-state index in [0.717, 1.165) is 21.2 Å². The minimum atomic E-state index is -0.684. The molecule has 2 aromatic rings. The molecule has 3 heteroatoms. The van der Waals surface area contributed by atoms with Crippen molar-refractivity contribution in [3.05, 3.63) is 68.7 Å². The van der Waals surface area contributed by atoms with Crippen LogP contribution in [0.4, 0.5) is 0 Å². The number of hydrogen-bond acceptors (Lipinski definition) is 1. The molecule has 0 aliphatic carbocycles. The van der Waals surface area contributed by atoms with Gasteiger partial charge in [-0.15, -0.1) is 0 Å². The van der Waals surface area contributed by atoms with Crippen LogP contribution in [0.15, 0.2) is 46.9 Å². The number of aliphatic hydroxyl groups excluding tert-OH is 1. The van der Waals surface area contributed by atoms with E-state index in [0.29, 0.717) is 5.02 Å². The molecule has 0 aromatic heterocycles. The summed E-state index contributed by atoms with van der Waals surface area (Å²) in [7, 11) is 0. The molecule has 0 aliphatic heterocycles. The second kappa shape index (κ2) is 5.21. The van der Waals surface area contributed by atoms with E-state index >= 15 is 0 Å². The zero-order valence-corrected chi connectivity index (χ0v) is 11.7. The van der Waals surface area contributed by atoms with E-state index in [2.05, 4.69) is 15.9 Å². The Morgan fingerprint density at radius 2 is 1.76 bits per heavy atom. The molecule has 1 nitrogen and oxygen atoms in total. The summed E-state index contributed by atoms with van der Waals surface area (Å²) in [5.74, 6) is 0. The molecule has 1 atom stereocenters. The molecule has 17 heavy (non-hydrogen) atoms. The summed E-state index contributed by atoms with van der Waals surface area (Å²) in [4.78, 5) is 0. The Balaban J connectivity index is 2.36. The summed E-state index contributed by atoms with van der Waals surface area (Å²) in [5, 5.41) is 10.9. The second-order valence-electron chi connectivity index (χ2n) is 3.98. The highest BCUT2D eigenvalue weighted by atomic mass is 79.9. The molecule has 0 heterocycles. The van der Waals surface area contributed by atoms with Crippen LogP contribution in [-0.4, -0.2) is 5.11 Å². The average molecular weight is 312 g/mol. The Morgan fingerprint density at radius 1 is 1.12 bits per heavy atom. The van der Waals surface area contributed by atoms with Crippen molar-refractivity contribution in [2.24, 2.45) is 0 Å². The fraction of sp³-hybridized carbons (Fsp3) is 0.143. The second-order valence-corrected chi connectivity index (χ2v) is 5.30. The normalized spacial score (nSPS) is 12.5. The van der Waals surface area contributed by atoms with Crippen molar-refractivity contribution < 1.29 is 5.11 Å². The van der Waals surface area contributed by atoms with Crippen molar-refractivity contribution in [1.29, 1.82) is 0 Å². The summed E-state index contributed by atoms with van der Waals surface area (Å²) in [6.07, 6.45) is -0.684. The Kier molecular flexibility index (Phi) is 3.87. The third-order valence-corrected chi connectivity index (χ3v) is 3.49. The molecule has 1 N–H and O–H groups in total. The van der Waals surface area contributed by atoms with Crippen molar-refractivity contribution in [2.75, 3.05) is 0 Å². The molecule has 0 spiro atoms. The summed E-state index contributed by atoms with van der Waals surface area (Å²) < 4.78 is 0.989. The average Bonchev–Trinajstić information content (AvgIpc) is 2.29. The Hall–Kier alpha value is -0.830. The molecule has 0 saturated heterocycles. The molecule has 0 saturated carbocycles. The van der Waals surface area contributed by atoms with E-state index in [1.165, 1.54) is 0 Å². The summed E-state index contributed by atoms with van der Waals surface area (Å²) in [6.45, 7) is 1.97. The van der Waals surface area contributed by atoms with Crippen molar-refractivity contribution in [3.63, 3.8) is 0 Å². The van der Waals surface area contributed by atoms with Gasteiger partial charge in [-0.25, -0.2) is 0 Å². The molecule has 2 rings (SSSR count). The van der Waals surface area contributed by atoms with Gasteiger partial charge in [0.2, 0.25) is 0 Å². The molecule has 2 aromatic carbocycles. The van der Waals surface area contributed by atoms with Crippen molar-refractivity contribution in [1.82, 2.24) is 0 Å². The van der Waals surface area contributed by atoms with Crippen LogP contribution in [0.1, 0.15) is 22.8 Å². The predicted octanol–water partition coefficient (Wildman–Crippen LogP) is 4.49. The molecule has 0 bridgehead atoms. The van der Waals surface area contributed by atoms with E-state index in [1.54, 1.807) is 0 Å². The fourth-order valence-electron chi connectivity index (χ4n) is 1.68. The number of aliphatic hydroxyl groups is 1. The molecule has 0 aliphatic rings. The van der Waals surface area contributed by atoms with Crippen LogP contribution in [0.25, 0.3) is 0 Å². The molecule has 0 amide bonds. The van der Waals surface area contributed by atoms with Crippen LogP contribution in [-0.2, 0) is 0 Å². The minimum absolute atomic E-state index is 0.598. The first-order chi connectivity index (χ1) is 8.08. The third kappa shape index (κ3) is 2.89. The third-order valence-electron chi connectivity index (χ3n) is 2.64. The Labute approximate surface area is 114 Å². The van der Waals surface area contributed by atoms with Gasteiger partial charge in [0, 0.05) is 15.1 Å². The SMILES string of the molecule is Cc1ccc(C(O)c2ccc(Br)cc2)c(Cl)c1. The first-order valence-corrected chi connectivity index (χ1v) is 6.44. The molecule has 1 unspecified atom stereocenters. The Bertz CT molecular complexity index is 522. The Morgan fingerprint density at radius 3 is 2.35 bits per heavy atom. The van der Waals surface area contributed by atoms with Crippen LogP contribution in [0.5, 0.6) is 0 Å². The maximum absolute atomic E-state index is 10.3. The van der Waals surface area contributed by atoms with Crippen LogP contribution >= 0.6 is 27.5 Å². The number of hydrogen-bond donors (Lipinski definition) is 1. The van der Waals surface area contributed by atoms with Crippen molar-refractivity contribution >= 4 is 27.5 Å².